The van der Waals surface area contributed by atoms with Crippen molar-refractivity contribution in [3.63, 3.8) is 0 Å². The average Bonchev–Trinajstić information content (AvgIpc) is 2.71. The number of aldehydes is 1. The lowest BCUT2D eigenvalue weighted by atomic mass is 10.1. The van der Waals surface area contributed by atoms with Crippen LogP contribution in [0.15, 0.2) is 36.4 Å². The third-order valence-electron chi connectivity index (χ3n) is 4.15. The van der Waals surface area contributed by atoms with E-state index in [1.165, 1.54) is 33.3 Å². The van der Waals surface area contributed by atoms with Crippen LogP contribution in [0.3, 0.4) is 0 Å². The van der Waals surface area contributed by atoms with Gasteiger partial charge in [0.15, 0.2) is 23.9 Å². The van der Waals surface area contributed by atoms with Crippen LogP contribution in [0.25, 0.3) is 0 Å². The molecule has 1 amide bonds. The van der Waals surface area contributed by atoms with E-state index < -0.39 is 18.0 Å². The Hall–Kier alpha value is -3.35. The normalized spacial score (nSPS) is 11.3. The summed E-state index contributed by atoms with van der Waals surface area (Å²) in [6.07, 6.45) is -0.547. The Morgan fingerprint density at radius 2 is 1.75 bits per heavy atom. The van der Waals surface area contributed by atoms with Gasteiger partial charge in [0.2, 0.25) is 0 Å². The molecule has 0 aliphatic carbocycles. The number of carbonyl (C=O) groups excluding carboxylic acids is 3. The summed E-state index contributed by atoms with van der Waals surface area (Å²) in [5.74, 6) is -0.958. The largest absolute Gasteiger partial charge is 0.493 e. The molecule has 0 bridgehead atoms. The number of hydrogen-bond acceptors (Lipinski definition) is 6. The van der Waals surface area contributed by atoms with Crippen LogP contribution in [0.2, 0.25) is 0 Å². The lowest BCUT2D eigenvalue weighted by molar-refractivity contribution is -0.129. The molecule has 0 saturated carbocycles. The first kappa shape index (κ1) is 21.0. The van der Waals surface area contributed by atoms with Gasteiger partial charge in [-0.15, -0.1) is 0 Å². The molecule has 2 rings (SSSR count). The molecule has 1 atom stereocenters. The summed E-state index contributed by atoms with van der Waals surface area (Å²) < 4.78 is 15.6. The summed E-state index contributed by atoms with van der Waals surface area (Å²) >= 11 is 0. The van der Waals surface area contributed by atoms with E-state index in [4.69, 9.17) is 14.2 Å². The summed E-state index contributed by atoms with van der Waals surface area (Å²) in [4.78, 5) is 36.2. The van der Waals surface area contributed by atoms with E-state index in [0.29, 0.717) is 12.8 Å². The number of hydrogen-bond donors (Lipinski definition) is 1. The zero-order valence-electron chi connectivity index (χ0n) is 16.3. The molecule has 0 aliphatic rings. The number of carbonyl (C=O) groups is 3. The fourth-order valence-electron chi connectivity index (χ4n) is 2.56. The maximum atomic E-state index is 12.6. The first-order valence-electron chi connectivity index (χ1n) is 8.65. The Labute approximate surface area is 163 Å². The van der Waals surface area contributed by atoms with Crippen LogP contribution in [-0.4, -0.2) is 38.5 Å². The maximum Gasteiger partial charge on any atom is 0.343 e. The maximum absolute atomic E-state index is 12.6. The molecular weight excluding hydrogens is 362 g/mol. The molecule has 0 unspecified atom stereocenters. The van der Waals surface area contributed by atoms with E-state index in [-0.39, 0.29) is 22.6 Å². The zero-order valence-corrected chi connectivity index (χ0v) is 16.3. The van der Waals surface area contributed by atoms with Crippen molar-refractivity contribution >= 4 is 18.2 Å². The summed E-state index contributed by atoms with van der Waals surface area (Å²) in [5, 5.41) is 2.71. The van der Waals surface area contributed by atoms with Gasteiger partial charge in [-0.3, -0.25) is 9.59 Å². The Morgan fingerprint density at radius 3 is 2.32 bits per heavy atom. The highest BCUT2D eigenvalue weighted by atomic mass is 16.6. The second-order valence-electron chi connectivity index (χ2n) is 6.13. The van der Waals surface area contributed by atoms with Gasteiger partial charge in [-0.1, -0.05) is 29.8 Å². The fraction of sp³-hybridized carbons (Fsp3) is 0.286. The molecule has 28 heavy (non-hydrogen) atoms. The van der Waals surface area contributed by atoms with Gasteiger partial charge < -0.3 is 19.5 Å². The SMILES string of the molecule is COc1ccc(C=O)c(C(=O)O[C@H](C)C(=O)NCc2ccc(C)cc2)c1OC. The molecule has 0 aromatic heterocycles. The molecule has 0 heterocycles. The van der Waals surface area contributed by atoms with Crippen LogP contribution in [0.4, 0.5) is 0 Å². The summed E-state index contributed by atoms with van der Waals surface area (Å²) in [5.41, 5.74) is 2.04. The van der Waals surface area contributed by atoms with Gasteiger partial charge in [0.1, 0.15) is 5.56 Å². The molecule has 148 valence electrons. The number of esters is 1. The van der Waals surface area contributed by atoms with Gasteiger partial charge in [-0.05, 0) is 31.5 Å². The Morgan fingerprint density at radius 1 is 1.07 bits per heavy atom. The zero-order chi connectivity index (χ0) is 20.7. The molecular formula is C21H23NO6. The van der Waals surface area contributed by atoms with Crippen molar-refractivity contribution in [3.05, 3.63) is 58.7 Å². The minimum Gasteiger partial charge on any atom is -0.493 e. The molecule has 2 aromatic carbocycles. The second kappa shape index (κ2) is 9.55. The lowest BCUT2D eigenvalue weighted by Crippen LogP contribution is -2.35. The van der Waals surface area contributed by atoms with Gasteiger partial charge >= 0.3 is 5.97 Å². The van der Waals surface area contributed by atoms with Gasteiger partial charge in [0.25, 0.3) is 5.91 Å². The van der Waals surface area contributed by atoms with Crippen LogP contribution in [-0.2, 0) is 16.1 Å². The van der Waals surface area contributed by atoms with Crippen molar-refractivity contribution in [2.75, 3.05) is 14.2 Å². The molecule has 7 heteroatoms. The van der Waals surface area contributed by atoms with Crippen LogP contribution >= 0.6 is 0 Å². The number of methoxy groups -OCH3 is 2. The standard InChI is InChI=1S/C21H23NO6/c1-13-5-7-15(8-6-13)11-22-20(24)14(2)28-21(25)18-16(12-23)9-10-17(26-3)19(18)27-4/h5-10,12,14H,11H2,1-4H3,(H,22,24)/t14-/m1/s1. The minimum atomic E-state index is -1.06. The number of benzene rings is 2. The summed E-state index contributed by atoms with van der Waals surface area (Å²) in [6, 6.07) is 10.6. The molecule has 0 spiro atoms. The minimum absolute atomic E-state index is 0.0735. The van der Waals surface area contributed by atoms with Crippen molar-refractivity contribution < 1.29 is 28.6 Å². The van der Waals surface area contributed by atoms with Crippen LogP contribution in [0, 0.1) is 6.92 Å². The van der Waals surface area contributed by atoms with Crippen molar-refractivity contribution in [1.82, 2.24) is 5.32 Å². The van der Waals surface area contributed by atoms with E-state index in [1.54, 1.807) is 0 Å². The van der Waals surface area contributed by atoms with E-state index in [0.717, 1.165) is 11.1 Å². The number of rotatable bonds is 8. The summed E-state index contributed by atoms with van der Waals surface area (Å²) in [6.45, 7) is 3.74. The van der Waals surface area contributed by atoms with Crippen molar-refractivity contribution in [3.8, 4) is 11.5 Å². The number of aryl methyl sites for hydroxylation is 1. The van der Waals surface area contributed by atoms with Gasteiger partial charge in [-0.2, -0.15) is 0 Å². The van der Waals surface area contributed by atoms with Gasteiger partial charge in [0.05, 0.1) is 14.2 Å². The smallest absolute Gasteiger partial charge is 0.343 e. The van der Waals surface area contributed by atoms with Crippen LogP contribution < -0.4 is 14.8 Å². The number of amides is 1. The van der Waals surface area contributed by atoms with Gasteiger partial charge in [-0.25, -0.2) is 4.79 Å². The van der Waals surface area contributed by atoms with Crippen molar-refractivity contribution in [2.45, 2.75) is 26.5 Å². The first-order chi connectivity index (χ1) is 13.4. The predicted molar refractivity (Wildman–Crippen MR) is 103 cm³/mol. The molecule has 0 radical (unpaired) electrons. The van der Waals surface area contributed by atoms with E-state index in [2.05, 4.69) is 5.32 Å². The third kappa shape index (κ3) is 4.88. The monoisotopic (exact) mass is 385 g/mol. The predicted octanol–water partition coefficient (Wildman–Crippen LogP) is 2.69. The van der Waals surface area contributed by atoms with Crippen molar-refractivity contribution in [2.24, 2.45) is 0 Å². The molecule has 0 aliphatic heterocycles. The quantitative estimate of drug-likeness (QED) is 0.555. The van der Waals surface area contributed by atoms with E-state index >= 15 is 0 Å². The molecule has 0 fully saturated rings. The van der Waals surface area contributed by atoms with Gasteiger partial charge in [0, 0.05) is 12.1 Å². The van der Waals surface area contributed by atoms with Crippen LogP contribution in [0.1, 0.15) is 38.8 Å². The third-order valence-corrected chi connectivity index (χ3v) is 4.15. The Balaban J connectivity index is 2.10. The Kier molecular flexibility index (Phi) is 7.14. The molecule has 0 saturated heterocycles. The molecule has 1 N–H and O–H groups in total. The molecule has 2 aromatic rings. The molecule has 7 nitrogen and oxygen atoms in total. The fourth-order valence-corrected chi connectivity index (χ4v) is 2.56. The van der Waals surface area contributed by atoms with Crippen LogP contribution in [0.5, 0.6) is 11.5 Å². The summed E-state index contributed by atoms with van der Waals surface area (Å²) in [7, 11) is 2.76. The van der Waals surface area contributed by atoms with E-state index in [9.17, 15) is 14.4 Å². The highest BCUT2D eigenvalue weighted by molar-refractivity contribution is 6.02. The number of nitrogens with one attached hydrogen (secondary N) is 1. The van der Waals surface area contributed by atoms with E-state index in [1.807, 2.05) is 31.2 Å². The number of ether oxygens (including phenoxy) is 3. The second-order valence-corrected chi connectivity index (χ2v) is 6.13. The average molecular weight is 385 g/mol. The lowest BCUT2D eigenvalue weighted by Gasteiger charge is -2.17. The topological polar surface area (TPSA) is 90.9 Å². The first-order valence-corrected chi connectivity index (χ1v) is 8.65. The Bertz CT molecular complexity index is 860. The van der Waals surface area contributed by atoms with Crippen molar-refractivity contribution in [1.29, 1.82) is 0 Å². The highest BCUT2D eigenvalue weighted by Crippen LogP contribution is 2.33. The highest BCUT2D eigenvalue weighted by Gasteiger charge is 2.26.